The Balaban J connectivity index is 2.64. The maximum Gasteiger partial charge on any atom is 0.264 e. The molecule has 0 amide bonds. The lowest BCUT2D eigenvalue weighted by Crippen LogP contribution is -2.34. The van der Waals surface area contributed by atoms with Gasteiger partial charge in [0.25, 0.3) is 10.0 Å². The Labute approximate surface area is 164 Å². The minimum absolute atomic E-state index is 0.0318. The highest BCUT2D eigenvalue weighted by Gasteiger charge is 2.35. The molecule has 0 spiro atoms. The second kappa shape index (κ2) is 8.95. The summed E-state index contributed by atoms with van der Waals surface area (Å²) in [4.78, 5) is -0.445. The van der Waals surface area contributed by atoms with E-state index in [-0.39, 0.29) is 17.1 Å². The topological polar surface area (TPSA) is 66.8 Å². The van der Waals surface area contributed by atoms with Crippen LogP contribution in [0.25, 0.3) is 0 Å². The molecule has 2 aromatic carbocycles. The molecule has 0 aliphatic heterocycles. The van der Waals surface area contributed by atoms with Crippen LogP contribution in [-0.4, -0.2) is 33.3 Å². The number of hydrogen-bond donors (Lipinski definition) is 1. The van der Waals surface area contributed by atoms with E-state index >= 15 is 0 Å². The molecule has 0 fully saturated rings. The van der Waals surface area contributed by atoms with Crippen molar-refractivity contribution in [1.29, 1.82) is 0 Å². The van der Waals surface area contributed by atoms with Gasteiger partial charge in [0.2, 0.25) is 5.82 Å². The molecule has 1 N–H and O–H groups in total. The summed E-state index contributed by atoms with van der Waals surface area (Å²) in [5.74, 6) is -11.2. The van der Waals surface area contributed by atoms with Crippen LogP contribution in [0.15, 0.2) is 29.2 Å². The number of sulfonamides is 1. The van der Waals surface area contributed by atoms with Crippen molar-refractivity contribution in [1.82, 2.24) is 0 Å². The Kier molecular flexibility index (Phi) is 7.06. The molecule has 1 atom stereocenters. The van der Waals surface area contributed by atoms with E-state index in [2.05, 4.69) is 0 Å². The van der Waals surface area contributed by atoms with Crippen LogP contribution in [0.2, 0.25) is 0 Å². The maximum atomic E-state index is 14.3. The first-order valence-electron chi connectivity index (χ1n) is 8.38. The standard InChI is InChI=1S/C18H18F5NO4S/c1-10(25)4-3-9-24(18-16(22)14(20)13(19)15(21)17(18)23)29(26,27)12-7-5-11(28-2)6-8-12/h5-8,10,25H,3-4,9H2,1-2H3. The summed E-state index contributed by atoms with van der Waals surface area (Å²) >= 11 is 0. The number of rotatable bonds is 8. The second-order valence-electron chi connectivity index (χ2n) is 6.16. The van der Waals surface area contributed by atoms with Crippen LogP contribution in [0.1, 0.15) is 19.8 Å². The third-order valence-corrected chi connectivity index (χ3v) is 5.88. The number of anilines is 1. The van der Waals surface area contributed by atoms with Gasteiger partial charge in [-0.05, 0) is 44.0 Å². The van der Waals surface area contributed by atoms with Crippen molar-refractivity contribution >= 4 is 15.7 Å². The molecule has 11 heteroatoms. The van der Waals surface area contributed by atoms with Crippen LogP contribution in [0.4, 0.5) is 27.6 Å². The predicted molar refractivity (Wildman–Crippen MR) is 94.7 cm³/mol. The Morgan fingerprint density at radius 1 is 0.966 bits per heavy atom. The molecule has 5 nitrogen and oxygen atoms in total. The van der Waals surface area contributed by atoms with Gasteiger partial charge < -0.3 is 9.84 Å². The molecule has 29 heavy (non-hydrogen) atoms. The van der Waals surface area contributed by atoms with E-state index in [0.29, 0.717) is 5.75 Å². The van der Waals surface area contributed by atoms with E-state index in [0.717, 1.165) is 12.1 Å². The Hall–Kier alpha value is -2.40. The molecule has 0 aromatic heterocycles. The van der Waals surface area contributed by atoms with E-state index in [4.69, 9.17) is 4.74 Å². The van der Waals surface area contributed by atoms with Crippen LogP contribution in [0.3, 0.4) is 0 Å². The fourth-order valence-electron chi connectivity index (χ4n) is 2.57. The molecular weight excluding hydrogens is 421 g/mol. The van der Waals surface area contributed by atoms with Crippen molar-refractivity contribution in [3.8, 4) is 5.75 Å². The zero-order valence-electron chi connectivity index (χ0n) is 15.4. The summed E-state index contributed by atoms with van der Waals surface area (Å²) in [5, 5.41) is 9.35. The monoisotopic (exact) mass is 439 g/mol. The Morgan fingerprint density at radius 2 is 1.45 bits per heavy atom. The Morgan fingerprint density at radius 3 is 1.90 bits per heavy atom. The third kappa shape index (κ3) is 4.61. The van der Waals surface area contributed by atoms with E-state index in [1.165, 1.54) is 26.2 Å². The summed E-state index contributed by atoms with van der Waals surface area (Å²) < 4.78 is 100. The van der Waals surface area contributed by atoms with Crippen molar-refractivity contribution in [3.63, 3.8) is 0 Å². The molecular formula is C18H18F5NO4S. The lowest BCUT2D eigenvalue weighted by atomic mass is 10.2. The SMILES string of the molecule is COc1ccc(S(=O)(=O)N(CCCC(C)O)c2c(F)c(F)c(F)c(F)c2F)cc1. The van der Waals surface area contributed by atoms with Gasteiger partial charge in [0.05, 0.1) is 18.1 Å². The van der Waals surface area contributed by atoms with Crippen LogP contribution in [0, 0.1) is 29.1 Å². The second-order valence-corrected chi connectivity index (χ2v) is 8.02. The molecule has 1 unspecified atom stereocenters. The lowest BCUT2D eigenvalue weighted by Gasteiger charge is -2.26. The average Bonchev–Trinajstić information content (AvgIpc) is 2.69. The van der Waals surface area contributed by atoms with Crippen LogP contribution < -0.4 is 9.04 Å². The molecule has 0 saturated carbocycles. The van der Waals surface area contributed by atoms with Gasteiger partial charge in [-0.1, -0.05) is 0 Å². The molecule has 0 saturated heterocycles. The van der Waals surface area contributed by atoms with Crippen molar-refractivity contribution < 1.29 is 40.2 Å². The lowest BCUT2D eigenvalue weighted by molar-refractivity contribution is 0.182. The van der Waals surface area contributed by atoms with Gasteiger partial charge in [0.1, 0.15) is 11.4 Å². The molecule has 0 radical (unpaired) electrons. The van der Waals surface area contributed by atoms with E-state index in [1.807, 2.05) is 0 Å². The molecule has 0 aliphatic carbocycles. The summed E-state index contributed by atoms with van der Waals surface area (Å²) in [7, 11) is -3.37. The van der Waals surface area contributed by atoms with E-state index < -0.39 is 62.3 Å². The van der Waals surface area contributed by atoms with Crippen LogP contribution >= 0.6 is 0 Å². The number of methoxy groups -OCH3 is 1. The largest absolute Gasteiger partial charge is 0.497 e. The minimum atomic E-state index is -4.71. The zero-order valence-corrected chi connectivity index (χ0v) is 16.2. The molecule has 0 bridgehead atoms. The number of nitrogens with zero attached hydrogens (tertiary/aromatic N) is 1. The highest BCUT2D eigenvalue weighted by molar-refractivity contribution is 7.92. The van der Waals surface area contributed by atoms with E-state index in [1.54, 1.807) is 0 Å². The number of hydrogen-bond acceptors (Lipinski definition) is 4. The first-order chi connectivity index (χ1) is 13.5. The van der Waals surface area contributed by atoms with Crippen molar-refractivity contribution in [2.45, 2.75) is 30.8 Å². The fourth-order valence-corrected chi connectivity index (χ4v) is 4.07. The first kappa shape index (κ1) is 22.9. The first-order valence-corrected chi connectivity index (χ1v) is 9.82. The quantitative estimate of drug-likeness (QED) is 0.387. The van der Waals surface area contributed by atoms with Gasteiger partial charge in [-0.2, -0.15) is 0 Å². The zero-order chi connectivity index (χ0) is 21.9. The van der Waals surface area contributed by atoms with Gasteiger partial charge in [0.15, 0.2) is 23.3 Å². The number of aliphatic hydroxyl groups is 1. The van der Waals surface area contributed by atoms with Crippen LogP contribution in [0.5, 0.6) is 5.75 Å². The minimum Gasteiger partial charge on any atom is -0.497 e. The van der Waals surface area contributed by atoms with Gasteiger partial charge in [-0.15, -0.1) is 0 Å². The highest BCUT2D eigenvalue weighted by Crippen LogP contribution is 2.34. The highest BCUT2D eigenvalue weighted by atomic mass is 32.2. The van der Waals surface area contributed by atoms with Crippen LogP contribution in [-0.2, 0) is 10.0 Å². The van der Waals surface area contributed by atoms with Crippen molar-refractivity contribution in [2.75, 3.05) is 18.0 Å². The smallest absolute Gasteiger partial charge is 0.264 e. The maximum absolute atomic E-state index is 14.3. The number of aliphatic hydroxyl groups excluding tert-OH is 1. The van der Waals surface area contributed by atoms with Gasteiger partial charge in [-0.3, -0.25) is 4.31 Å². The summed E-state index contributed by atoms with van der Waals surface area (Å²) in [5.41, 5.74) is -1.58. The Bertz CT molecular complexity index is 952. The number of benzene rings is 2. The third-order valence-electron chi connectivity index (χ3n) is 4.07. The van der Waals surface area contributed by atoms with Crippen molar-refractivity contribution in [2.24, 2.45) is 0 Å². The molecule has 0 heterocycles. The molecule has 0 aliphatic rings. The van der Waals surface area contributed by atoms with Crippen molar-refractivity contribution in [3.05, 3.63) is 53.4 Å². The number of halogens is 5. The van der Waals surface area contributed by atoms with Gasteiger partial charge in [0, 0.05) is 6.54 Å². The average molecular weight is 439 g/mol. The fraction of sp³-hybridized carbons (Fsp3) is 0.333. The summed E-state index contributed by atoms with van der Waals surface area (Å²) in [6.07, 6.45) is -0.937. The molecule has 2 aromatic rings. The van der Waals surface area contributed by atoms with Gasteiger partial charge >= 0.3 is 0 Å². The normalized spacial score (nSPS) is 12.7. The summed E-state index contributed by atoms with van der Waals surface area (Å²) in [6, 6.07) is 4.67. The van der Waals surface area contributed by atoms with Gasteiger partial charge in [-0.25, -0.2) is 30.4 Å². The predicted octanol–water partition coefficient (Wildman–Crippen LogP) is 3.75. The van der Waals surface area contributed by atoms with E-state index in [9.17, 15) is 35.5 Å². The molecule has 160 valence electrons. The number of ether oxygens (including phenoxy) is 1. The summed E-state index contributed by atoms with van der Waals surface area (Å²) in [6.45, 7) is 0.776. The molecule has 2 rings (SSSR count).